The third kappa shape index (κ3) is 4.05. The van der Waals surface area contributed by atoms with Crippen molar-refractivity contribution in [2.24, 2.45) is 0 Å². The molecule has 0 saturated carbocycles. The zero-order valence-electron chi connectivity index (χ0n) is 10.7. The predicted octanol–water partition coefficient (Wildman–Crippen LogP) is 2.27. The minimum Gasteiger partial charge on any atom is -0.493 e. The van der Waals surface area contributed by atoms with Crippen molar-refractivity contribution >= 4 is 17.6 Å². The van der Waals surface area contributed by atoms with Gasteiger partial charge in [0, 0.05) is 0 Å². The molecule has 1 aromatic carbocycles. The van der Waals surface area contributed by atoms with Crippen LogP contribution in [0.5, 0.6) is 11.5 Å². The van der Waals surface area contributed by atoms with Gasteiger partial charge in [-0.15, -0.1) is 0 Å². The minimum absolute atomic E-state index is 0.0657. The Bertz CT molecular complexity index is 475. The lowest BCUT2D eigenvalue weighted by atomic mass is 10.1. The van der Waals surface area contributed by atoms with Gasteiger partial charge in [0.2, 0.25) is 0 Å². The van der Waals surface area contributed by atoms with Gasteiger partial charge in [-0.25, -0.2) is 0 Å². The number of hydrogen-bond donors (Lipinski definition) is 0. The largest absolute Gasteiger partial charge is 0.493 e. The third-order valence-corrected chi connectivity index (χ3v) is 2.29. The zero-order valence-corrected chi connectivity index (χ0v) is 10.7. The molecule has 4 heteroatoms. The van der Waals surface area contributed by atoms with E-state index in [0.717, 1.165) is 5.56 Å². The van der Waals surface area contributed by atoms with Gasteiger partial charge in [0.25, 0.3) is 0 Å². The van der Waals surface area contributed by atoms with E-state index in [0.29, 0.717) is 11.5 Å². The topological polar surface area (TPSA) is 52.6 Å². The van der Waals surface area contributed by atoms with Crippen LogP contribution >= 0.6 is 0 Å². The third-order valence-electron chi connectivity index (χ3n) is 2.29. The number of ketones is 2. The molecule has 0 saturated heterocycles. The Labute approximate surface area is 106 Å². The van der Waals surface area contributed by atoms with Crippen LogP contribution in [0.4, 0.5) is 0 Å². The summed E-state index contributed by atoms with van der Waals surface area (Å²) in [6.45, 7) is 1.39. The second-order valence-corrected chi connectivity index (χ2v) is 3.79. The quantitative estimate of drug-likeness (QED) is 0.572. The van der Waals surface area contributed by atoms with Crippen molar-refractivity contribution in [1.29, 1.82) is 0 Å². The fraction of sp³-hybridized carbons (Fsp3) is 0.286. The molecule has 4 nitrogen and oxygen atoms in total. The number of rotatable bonds is 6. The second-order valence-electron chi connectivity index (χ2n) is 3.79. The smallest absolute Gasteiger partial charge is 0.163 e. The minimum atomic E-state index is -0.211. The number of allylic oxidation sites excluding steroid dienone is 1. The molecule has 0 N–H and O–H groups in total. The van der Waals surface area contributed by atoms with Crippen molar-refractivity contribution < 1.29 is 19.1 Å². The van der Waals surface area contributed by atoms with Crippen LogP contribution in [0.3, 0.4) is 0 Å². The number of carbonyl (C=O) groups is 2. The van der Waals surface area contributed by atoms with Gasteiger partial charge < -0.3 is 9.47 Å². The second kappa shape index (κ2) is 6.59. The first-order valence-electron chi connectivity index (χ1n) is 5.49. The summed E-state index contributed by atoms with van der Waals surface area (Å²) in [6, 6.07) is 5.32. The summed E-state index contributed by atoms with van der Waals surface area (Å²) in [5.74, 6) is 0.873. The van der Waals surface area contributed by atoms with E-state index in [9.17, 15) is 9.59 Å². The molecule has 0 radical (unpaired) electrons. The maximum absolute atomic E-state index is 11.3. The van der Waals surface area contributed by atoms with Crippen LogP contribution in [0.2, 0.25) is 0 Å². The average Bonchev–Trinajstić information content (AvgIpc) is 2.35. The van der Waals surface area contributed by atoms with Crippen LogP contribution in [0.25, 0.3) is 6.08 Å². The van der Waals surface area contributed by atoms with Gasteiger partial charge >= 0.3 is 0 Å². The highest BCUT2D eigenvalue weighted by Gasteiger charge is 2.04. The summed E-state index contributed by atoms with van der Waals surface area (Å²) in [5, 5.41) is 0. The summed E-state index contributed by atoms with van der Waals surface area (Å²) < 4.78 is 10.3. The SMILES string of the molecule is COc1ccc(/C=C/C(=O)CC(C)=O)cc1OC. The first kappa shape index (κ1) is 14.0. The Morgan fingerprint density at radius 3 is 2.39 bits per heavy atom. The summed E-state index contributed by atoms with van der Waals surface area (Å²) in [6.07, 6.45) is 2.97. The van der Waals surface area contributed by atoms with E-state index in [2.05, 4.69) is 0 Å². The zero-order chi connectivity index (χ0) is 13.5. The predicted molar refractivity (Wildman–Crippen MR) is 68.9 cm³/mol. The number of ether oxygens (including phenoxy) is 2. The van der Waals surface area contributed by atoms with Gasteiger partial charge in [-0.3, -0.25) is 9.59 Å². The molecule has 18 heavy (non-hydrogen) atoms. The summed E-state index contributed by atoms with van der Waals surface area (Å²) in [5.41, 5.74) is 0.810. The van der Waals surface area contributed by atoms with E-state index in [1.807, 2.05) is 0 Å². The van der Waals surface area contributed by atoms with Gasteiger partial charge in [-0.1, -0.05) is 12.1 Å². The van der Waals surface area contributed by atoms with Crippen molar-refractivity contribution in [2.75, 3.05) is 14.2 Å². The number of Topliss-reactive ketones (excluding diaryl/α,β-unsaturated/α-hetero) is 1. The summed E-state index contributed by atoms with van der Waals surface area (Å²) in [7, 11) is 3.11. The van der Waals surface area contributed by atoms with Crippen molar-refractivity contribution in [1.82, 2.24) is 0 Å². The van der Waals surface area contributed by atoms with E-state index in [-0.39, 0.29) is 18.0 Å². The highest BCUT2D eigenvalue weighted by molar-refractivity contribution is 6.05. The van der Waals surface area contributed by atoms with E-state index >= 15 is 0 Å². The van der Waals surface area contributed by atoms with Crippen LogP contribution in [0, 0.1) is 0 Å². The highest BCUT2D eigenvalue weighted by Crippen LogP contribution is 2.27. The molecular formula is C14H16O4. The lowest BCUT2D eigenvalue weighted by Crippen LogP contribution is -2.00. The van der Waals surface area contributed by atoms with Crippen LogP contribution in [-0.4, -0.2) is 25.8 Å². The molecule has 0 aliphatic heterocycles. The van der Waals surface area contributed by atoms with Crippen LogP contribution in [-0.2, 0) is 9.59 Å². The first-order valence-corrected chi connectivity index (χ1v) is 5.49. The molecule has 96 valence electrons. The van der Waals surface area contributed by atoms with Crippen molar-refractivity contribution in [3.63, 3.8) is 0 Å². The van der Waals surface area contributed by atoms with Crippen LogP contribution in [0.1, 0.15) is 18.9 Å². The monoisotopic (exact) mass is 248 g/mol. The lowest BCUT2D eigenvalue weighted by Gasteiger charge is -2.07. The molecule has 0 bridgehead atoms. The molecule has 0 aliphatic carbocycles. The fourth-order valence-electron chi connectivity index (χ4n) is 1.45. The molecule has 0 aliphatic rings. The highest BCUT2D eigenvalue weighted by atomic mass is 16.5. The molecule has 0 spiro atoms. The summed E-state index contributed by atoms with van der Waals surface area (Å²) in [4.78, 5) is 22.1. The fourth-order valence-corrected chi connectivity index (χ4v) is 1.45. The standard InChI is InChI=1S/C14H16O4/c1-10(15)8-12(16)6-4-11-5-7-13(17-2)14(9-11)18-3/h4-7,9H,8H2,1-3H3/b6-4+. The molecule has 0 amide bonds. The van der Waals surface area contributed by atoms with Gasteiger partial charge in [-0.05, 0) is 30.7 Å². The number of hydrogen-bond acceptors (Lipinski definition) is 4. The Morgan fingerprint density at radius 1 is 1.17 bits per heavy atom. The molecule has 0 heterocycles. The Morgan fingerprint density at radius 2 is 1.83 bits per heavy atom. The molecule has 1 aromatic rings. The molecule has 0 atom stereocenters. The Hall–Kier alpha value is -2.10. The van der Waals surface area contributed by atoms with E-state index in [1.165, 1.54) is 13.0 Å². The Kier molecular flexibility index (Phi) is 5.11. The summed E-state index contributed by atoms with van der Waals surface area (Å²) >= 11 is 0. The molecule has 0 unspecified atom stereocenters. The van der Waals surface area contributed by atoms with Crippen molar-refractivity contribution in [2.45, 2.75) is 13.3 Å². The molecule has 1 rings (SSSR count). The van der Waals surface area contributed by atoms with E-state index in [1.54, 1.807) is 38.5 Å². The molecular weight excluding hydrogens is 232 g/mol. The number of benzene rings is 1. The number of methoxy groups -OCH3 is 2. The van der Waals surface area contributed by atoms with E-state index in [4.69, 9.17) is 9.47 Å². The van der Waals surface area contributed by atoms with Crippen LogP contribution < -0.4 is 9.47 Å². The molecule has 0 fully saturated rings. The van der Waals surface area contributed by atoms with Gasteiger partial charge in [0.1, 0.15) is 5.78 Å². The van der Waals surface area contributed by atoms with Gasteiger partial charge in [0.15, 0.2) is 17.3 Å². The first-order chi connectivity index (χ1) is 8.56. The maximum Gasteiger partial charge on any atom is 0.163 e. The molecule has 0 aromatic heterocycles. The lowest BCUT2D eigenvalue weighted by molar-refractivity contribution is -0.123. The normalized spacial score (nSPS) is 10.4. The van der Waals surface area contributed by atoms with Crippen molar-refractivity contribution in [3.05, 3.63) is 29.8 Å². The average molecular weight is 248 g/mol. The van der Waals surface area contributed by atoms with Crippen molar-refractivity contribution in [3.8, 4) is 11.5 Å². The number of carbonyl (C=O) groups excluding carboxylic acids is 2. The van der Waals surface area contributed by atoms with E-state index < -0.39 is 0 Å². The maximum atomic E-state index is 11.3. The van der Waals surface area contributed by atoms with Gasteiger partial charge in [0.05, 0.1) is 20.6 Å². The Balaban J connectivity index is 2.82. The van der Waals surface area contributed by atoms with Crippen LogP contribution in [0.15, 0.2) is 24.3 Å². The van der Waals surface area contributed by atoms with Gasteiger partial charge in [-0.2, -0.15) is 0 Å².